The van der Waals surface area contributed by atoms with E-state index in [-0.39, 0.29) is 5.69 Å². The molecule has 7 heteroatoms. The standard InChI is InChI=1S/C13H15BrN2O4/c1-8-5-11(9(14)6-10(8)16(19)20)15-4-3-13(2,7-15)12(17)18/h5-6H,3-4,7H2,1-2H3,(H,17,18). The van der Waals surface area contributed by atoms with Gasteiger partial charge >= 0.3 is 5.97 Å². The Morgan fingerprint density at radius 1 is 1.55 bits per heavy atom. The van der Waals surface area contributed by atoms with Crippen molar-refractivity contribution >= 4 is 33.3 Å². The number of hydrogen-bond donors (Lipinski definition) is 1. The van der Waals surface area contributed by atoms with Gasteiger partial charge in [0.1, 0.15) is 0 Å². The van der Waals surface area contributed by atoms with Gasteiger partial charge in [-0.3, -0.25) is 14.9 Å². The maximum atomic E-state index is 11.3. The number of rotatable bonds is 3. The normalized spacial score (nSPS) is 22.1. The summed E-state index contributed by atoms with van der Waals surface area (Å²) in [5.74, 6) is -0.810. The van der Waals surface area contributed by atoms with Crippen LogP contribution in [0.4, 0.5) is 11.4 Å². The Morgan fingerprint density at radius 2 is 2.20 bits per heavy atom. The van der Waals surface area contributed by atoms with Crippen LogP contribution in [0.3, 0.4) is 0 Å². The highest BCUT2D eigenvalue weighted by atomic mass is 79.9. The van der Waals surface area contributed by atoms with E-state index >= 15 is 0 Å². The lowest BCUT2D eigenvalue weighted by atomic mass is 9.90. The van der Waals surface area contributed by atoms with E-state index in [0.29, 0.717) is 29.5 Å². The molecule has 6 nitrogen and oxygen atoms in total. The average molecular weight is 343 g/mol. The van der Waals surface area contributed by atoms with Crippen LogP contribution in [0.2, 0.25) is 0 Å². The molecule has 0 spiro atoms. The Labute approximate surface area is 124 Å². The molecule has 1 N–H and O–H groups in total. The molecule has 1 heterocycles. The minimum Gasteiger partial charge on any atom is -0.481 e. The fourth-order valence-corrected chi connectivity index (χ4v) is 3.02. The van der Waals surface area contributed by atoms with E-state index in [0.717, 1.165) is 5.69 Å². The van der Waals surface area contributed by atoms with Gasteiger partial charge in [-0.1, -0.05) is 0 Å². The van der Waals surface area contributed by atoms with E-state index in [1.165, 1.54) is 6.07 Å². The van der Waals surface area contributed by atoms with E-state index in [2.05, 4.69) is 15.9 Å². The second-order valence-corrected chi connectivity index (χ2v) is 6.24. The fourth-order valence-electron chi connectivity index (χ4n) is 2.44. The molecule has 1 fully saturated rings. The molecule has 0 amide bonds. The molecule has 0 saturated carbocycles. The minimum absolute atomic E-state index is 0.0563. The van der Waals surface area contributed by atoms with Crippen molar-refractivity contribution in [1.82, 2.24) is 0 Å². The van der Waals surface area contributed by atoms with Crippen LogP contribution in [-0.2, 0) is 4.79 Å². The molecule has 1 unspecified atom stereocenters. The van der Waals surface area contributed by atoms with Gasteiger partial charge in [-0.15, -0.1) is 0 Å². The molecule has 1 aromatic carbocycles. The predicted molar refractivity (Wildman–Crippen MR) is 78.1 cm³/mol. The first-order chi connectivity index (χ1) is 9.24. The van der Waals surface area contributed by atoms with Gasteiger partial charge in [0, 0.05) is 29.2 Å². The Morgan fingerprint density at radius 3 is 2.70 bits per heavy atom. The Bertz CT molecular complexity index is 590. The number of nitrogens with zero attached hydrogens (tertiary/aromatic N) is 2. The van der Waals surface area contributed by atoms with Gasteiger partial charge in [0.05, 0.1) is 16.0 Å². The molecule has 0 aliphatic carbocycles. The fraction of sp³-hybridized carbons (Fsp3) is 0.462. The van der Waals surface area contributed by atoms with Crippen LogP contribution < -0.4 is 4.90 Å². The van der Waals surface area contributed by atoms with Crippen molar-refractivity contribution in [2.75, 3.05) is 18.0 Å². The lowest BCUT2D eigenvalue weighted by Gasteiger charge is -2.23. The Hall–Kier alpha value is -1.63. The summed E-state index contributed by atoms with van der Waals surface area (Å²) in [5, 5.41) is 20.1. The molecular weight excluding hydrogens is 328 g/mol. The monoisotopic (exact) mass is 342 g/mol. The van der Waals surface area contributed by atoms with Gasteiger partial charge in [0.15, 0.2) is 0 Å². The Kier molecular flexibility index (Phi) is 3.73. The minimum atomic E-state index is -0.810. The highest BCUT2D eigenvalue weighted by Gasteiger charge is 2.41. The first-order valence-corrected chi connectivity index (χ1v) is 6.97. The summed E-state index contributed by atoms with van der Waals surface area (Å²) in [6, 6.07) is 3.21. The first kappa shape index (κ1) is 14.8. The quantitative estimate of drug-likeness (QED) is 0.674. The molecule has 1 aromatic rings. The summed E-state index contributed by atoms with van der Waals surface area (Å²) < 4.78 is 0.615. The molecule has 0 aromatic heterocycles. The highest BCUT2D eigenvalue weighted by Crippen LogP contribution is 2.39. The molecule has 0 radical (unpaired) electrons. The molecule has 20 heavy (non-hydrogen) atoms. The van der Waals surface area contributed by atoms with Crippen molar-refractivity contribution in [2.45, 2.75) is 20.3 Å². The predicted octanol–water partition coefficient (Wildman–Crippen LogP) is 2.97. The summed E-state index contributed by atoms with van der Waals surface area (Å²) in [4.78, 5) is 23.7. The summed E-state index contributed by atoms with van der Waals surface area (Å²) in [7, 11) is 0. The topological polar surface area (TPSA) is 83.7 Å². The van der Waals surface area contributed by atoms with E-state index in [4.69, 9.17) is 0 Å². The lowest BCUT2D eigenvalue weighted by molar-refractivity contribution is -0.385. The van der Waals surface area contributed by atoms with Crippen molar-refractivity contribution in [3.63, 3.8) is 0 Å². The zero-order valence-electron chi connectivity index (χ0n) is 11.2. The largest absolute Gasteiger partial charge is 0.481 e. The SMILES string of the molecule is Cc1cc(N2CCC(C)(C(=O)O)C2)c(Br)cc1[N+](=O)[O-]. The highest BCUT2D eigenvalue weighted by molar-refractivity contribution is 9.10. The van der Waals surface area contributed by atoms with Crippen LogP contribution >= 0.6 is 15.9 Å². The molecule has 2 rings (SSSR count). The second kappa shape index (κ2) is 5.05. The zero-order chi connectivity index (χ0) is 15.1. The molecule has 1 aliphatic heterocycles. The number of carboxylic acid groups (broad SMARTS) is 1. The number of benzene rings is 1. The number of anilines is 1. The van der Waals surface area contributed by atoms with Gasteiger partial charge in [-0.05, 0) is 42.3 Å². The zero-order valence-corrected chi connectivity index (χ0v) is 12.8. The van der Waals surface area contributed by atoms with Crippen LogP contribution in [0.25, 0.3) is 0 Å². The van der Waals surface area contributed by atoms with Crippen molar-refractivity contribution in [1.29, 1.82) is 0 Å². The van der Waals surface area contributed by atoms with Gasteiger partial charge in [0.25, 0.3) is 5.69 Å². The average Bonchev–Trinajstić information content (AvgIpc) is 2.75. The number of nitro benzene ring substituents is 1. The van der Waals surface area contributed by atoms with Crippen molar-refractivity contribution in [3.8, 4) is 0 Å². The van der Waals surface area contributed by atoms with Crippen molar-refractivity contribution in [3.05, 3.63) is 32.3 Å². The van der Waals surface area contributed by atoms with E-state index in [1.807, 2.05) is 4.90 Å². The third kappa shape index (κ3) is 2.49. The number of carboxylic acids is 1. The van der Waals surface area contributed by atoms with Crippen LogP contribution in [0.15, 0.2) is 16.6 Å². The molecule has 1 aliphatic rings. The van der Waals surface area contributed by atoms with E-state index in [9.17, 15) is 20.0 Å². The summed E-state index contributed by atoms with van der Waals surface area (Å²) in [5.41, 5.74) is 0.658. The van der Waals surface area contributed by atoms with Crippen LogP contribution in [0.5, 0.6) is 0 Å². The van der Waals surface area contributed by atoms with Crippen molar-refractivity contribution in [2.24, 2.45) is 5.41 Å². The smallest absolute Gasteiger partial charge is 0.311 e. The number of halogens is 1. The molecule has 108 valence electrons. The van der Waals surface area contributed by atoms with Gasteiger partial charge in [-0.2, -0.15) is 0 Å². The van der Waals surface area contributed by atoms with Crippen LogP contribution in [-0.4, -0.2) is 29.1 Å². The number of hydrogen-bond acceptors (Lipinski definition) is 4. The maximum absolute atomic E-state index is 11.3. The molecular formula is C13H15BrN2O4. The molecule has 1 saturated heterocycles. The molecule has 1 atom stereocenters. The number of nitro groups is 1. The number of carbonyl (C=O) groups is 1. The molecule has 0 bridgehead atoms. The summed E-state index contributed by atoms with van der Waals surface area (Å²) >= 11 is 3.34. The lowest BCUT2D eigenvalue weighted by Crippen LogP contribution is -2.31. The maximum Gasteiger partial charge on any atom is 0.311 e. The van der Waals surface area contributed by atoms with Gasteiger partial charge in [0.2, 0.25) is 0 Å². The van der Waals surface area contributed by atoms with E-state index in [1.54, 1.807) is 19.9 Å². The summed E-state index contributed by atoms with van der Waals surface area (Å²) in [6.07, 6.45) is 0.560. The third-order valence-electron chi connectivity index (χ3n) is 3.79. The first-order valence-electron chi connectivity index (χ1n) is 6.17. The third-order valence-corrected chi connectivity index (χ3v) is 4.43. The second-order valence-electron chi connectivity index (χ2n) is 5.38. The number of aryl methyl sites for hydroxylation is 1. The van der Waals surface area contributed by atoms with Crippen molar-refractivity contribution < 1.29 is 14.8 Å². The van der Waals surface area contributed by atoms with Crippen LogP contribution in [0, 0.1) is 22.5 Å². The van der Waals surface area contributed by atoms with Gasteiger partial charge < -0.3 is 10.0 Å². The van der Waals surface area contributed by atoms with Gasteiger partial charge in [-0.25, -0.2) is 0 Å². The number of aliphatic carboxylic acids is 1. The van der Waals surface area contributed by atoms with Crippen LogP contribution in [0.1, 0.15) is 18.9 Å². The van der Waals surface area contributed by atoms with E-state index < -0.39 is 16.3 Å². The summed E-state index contributed by atoms with van der Waals surface area (Å²) in [6.45, 7) is 4.43. The Balaban J connectivity index is 2.34.